The van der Waals surface area contributed by atoms with Crippen LogP contribution in [0.15, 0.2) is 105 Å². The SMILES string of the molecule is COc1ccc2c(c1)c1c(n2-c2ccc(F)[c]([Ti]([C]3=CC=CC3)([C]3=CC=CC3)[c]3c(F)ccc(-n4c5c(c6cc(OC)ccc64)CCCC5)c3F)c2F)CCCC1. The molecule has 10 rings (SSSR count). The Balaban J connectivity index is 1.29. The van der Waals surface area contributed by atoms with Crippen molar-refractivity contribution in [3.05, 3.63) is 151 Å². The van der Waals surface area contributed by atoms with Gasteiger partial charge in [0.05, 0.1) is 0 Å². The molecule has 0 amide bonds. The van der Waals surface area contributed by atoms with Crippen molar-refractivity contribution in [3.63, 3.8) is 0 Å². The zero-order chi connectivity index (χ0) is 39.0. The molecule has 0 saturated heterocycles. The maximum atomic E-state index is 18.4. The van der Waals surface area contributed by atoms with E-state index >= 15 is 17.6 Å². The molecule has 288 valence electrons. The molecule has 2 heterocycles. The summed E-state index contributed by atoms with van der Waals surface area (Å²) in [6.07, 6.45) is 18.9. The van der Waals surface area contributed by atoms with Crippen LogP contribution >= 0.6 is 0 Å². The molecule has 2 aromatic heterocycles. The van der Waals surface area contributed by atoms with Crippen molar-refractivity contribution in [1.82, 2.24) is 9.13 Å². The van der Waals surface area contributed by atoms with Crippen LogP contribution in [-0.2, 0) is 42.3 Å². The monoisotopic (exact) mass is 802 g/mol. The summed E-state index contributed by atoms with van der Waals surface area (Å²) in [5.41, 5.74) is 6.17. The second-order valence-corrected chi connectivity index (χ2v) is 21.5. The van der Waals surface area contributed by atoms with E-state index in [9.17, 15) is 0 Å². The summed E-state index contributed by atoms with van der Waals surface area (Å²) in [6.45, 7) is 0. The van der Waals surface area contributed by atoms with Crippen molar-refractivity contribution < 1.29 is 43.6 Å². The summed E-state index contributed by atoms with van der Waals surface area (Å²) < 4.78 is 87.3. The molecule has 0 radical (unpaired) electrons. The fraction of sp³-hybridized carbons (Fsp3) is 0.250. The van der Waals surface area contributed by atoms with Gasteiger partial charge in [-0.3, -0.25) is 0 Å². The quantitative estimate of drug-likeness (QED) is 0.113. The van der Waals surface area contributed by atoms with E-state index in [1.54, 1.807) is 14.2 Å². The van der Waals surface area contributed by atoms with Crippen molar-refractivity contribution in [2.24, 2.45) is 0 Å². The molecule has 9 heteroatoms. The summed E-state index contributed by atoms with van der Waals surface area (Å²) in [4.78, 5) is 0. The van der Waals surface area contributed by atoms with E-state index in [1.165, 1.54) is 24.3 Å². The van der Waals surface area contributed by atoms with Gasteiger partial charge in [-0.2, -0.15) is 0 Å². The van der Waals surface area contributed by atoms with Gasteiger partial charge >= 0.3 is 334 Å². The maximum absolute atomic E-state index is 18.4. The van der Waals surface area contributed by atoms with Crippen LogP contribution < -0.4 is 17.2 Å². The summed E-state index contributed by atoms with van der Waals surface area (Å²) in [5, 5.41) is 1.94. The fourth-order valence-electron chi connectivity index (χ4n) is 10.4. The van der Waals surface area contributed by atoms with Crippen molar-refractivity contribution in [2.45, 2.75) is 64.2 Å². The fourth-order valence-corrected chi connectivity index (χ4v) is 18.6. The Morgan fingerprint density at radius 2 is 0.982 bits per heavy atom. The number of aromatic nitrogens is 2. The van der Waals surface area contributed by atoms with Gasteiger partial charge in [-0.05, 0) is 0 Å². The first-order valence-corrected chi connectivity index (χ1v) is 23.1. The Hall–Kier alpha value is -5.05. The zero-order valence-corrected chi connectivity index (χ0v) is 33.6. The van der Waals surface area contributed by atoms with Crippen LogP contribution in [0.2, 0.25) is 0 Å². The zero-order valence-electron chi connectivity index (χ0n) is 32.0. The number of fused-ring (bicyclic) bond motifs is 6. The van der Waals surface area contributed by atoms with E-state index in [0.29, 0.717) is 32.1 Å². The van der Waals surface area contributed by atoms with Crippen LogP contribution in [0.3, 0.4) is 0 Å². The van der Waals surface area contributed by atoms with Crippen molar-refractivity contribution >= 4 is 29.5 Å². The topological polar surface area (TPSA) is 28.3 Å². The molecule has 0 fully saturated rings. The van der Waals surface area contributed by atoms with Gasteiger partial charge in [-0.25, -0.2) is 0 Å². The molecule has 4 aromatic carbocycles. The van der Waals surface area contributed by atoms with Gasteiger partial charge in [0.25, 0.3) is 0 Å². The third kappa shape index (κ3) is 5.36. The molecule has 57 heavy (non-hydrogen) atoms. The van der Waals surface area contributed by atoms with E-state index in [4.69, 9.17) is 9.47 Å². The molecule has 0 unspecified atom stereocenters. The molecular formula is C48H42F4N2O2Ti. The van der Waals surface area contributed by atoms with Crippen molar-refractivity contribution in [1.29, 1.82) is 0 Å². The van der Waals surface area contributed by atoms with E-state index in [2.05, 4.69) is 0 Å². The average molecular weight is 803 g/mol. The predicted molar refractivity (Wildman–Crippen MR) is 216 cm³/mol. The van der Waals surface area contributed by atoms with Gasteiger partial charge in [-0.15, -0.1) is 0 Å². The van der Waals surface area contributed by atoms with Crippen LogP contribution in [0.4, 0.5) is 17.6 Å². The Morgan fingerprint density at radius 3 is 1.39 bits per heavy atom. The Labute approximate surface area is 332 Å². The first kappa shape index (κ1) is 36.3. The second kappa shape index (κ2) is 14.1. The van der Waals surface area contributed by atoms with Gasteiger partial charge in [0, 0.05) is 0 Å². The molecule has 0 aliphatic heterocycles. The van der Waals surface area contributed by atoms with Crippen LogP contribution in [0.25, 0.3) is 33.2 Å². The number of rotatable bonds is 8. The van der Waals surface area contributed by atoms with E-state index in [-0.39, 0.29) is 19.1 Å². The first-order valence-electron chi connectivity index (χ1n) is 20.0. The summed E-state index contributed by atoms with van der Waals surface area (Å²) in [5.74, 6) is -1.71. The first-order chi connectivity index (χ1) is 27.9. The standard InChI is InChI=1S/2C19H16F2NO.2C5H5.Ti/c2*1-23-13-7-9-18-15(11-13)14-4-2-3-5-17(14)22(18)19-8-6-12(20)10-16(19)21;2*1-2-4-5-3-1;/h2*6-9,11H,2-5H2,1H3;2*1-3H,4H2;. The Kier molecular flexibility index (Phi) is 8.98. The average Bonchev–Trinajstić information content (AvgIpc) is 4.07. The number of hydrogen-bond acceptors (Lipinski definition) is 2. The molecule has 0 N–H and O–H groups in total. The summed E-state index contributed by atoms with van der Waals surface area (Å²) in [6, 6.07) is 17.2. The van der Waals surface area contributed by atoms with Crippen molar-refractivity contribution in [2.75, 3.05) is 14.2 Å². The van der Waals surface area contributed by atoms with Gasteiger partial charge in [0.15, 0.2) is 0 Å². The number of ether oxygens (including phenoxy) is 2. The van der Waals surface area contributed by atoms with Crippen LogP contribution in [0, 0.1) is 23.3 Å². The molecule has 0 saturated carbocycles. The number of halogens is 4. The molecule has 0 atom stereocenters. The van der Waals surface area contributed by atoms with E-state index < -0.39 is 39.9 Å². The van der Waals surface area contributed by atoms with Gasteiger partial charge in [-0.1, -0.05) is 0 Å². The van der Waals surface area contributed by atoms with Crippen LogP contribution in [-0.4, -0.2) is 23.4 Å². The molecule has 4 aliphatic carbocycles. The van der Waals surface area contributed by atoms with Crippen LogP contribution in [0.1, 0.15) is 61.0 Å². The molecule has 4 aliphatic rings. The predicted octanol–water partition coefficient (Wildman–Crippen LogP) is 10.7. The third-order valence-corrected chi connectivity index (χ3v) is 20.8. The van der Waals surface area contributed by atoms with Gasteiger partial charge < -0.3 is 0 Å². The molecule has 4 nitrogen and oxygen atoms in total. The number of benzene rings is 4. The molecular weight excluding hydrogens is 760 g/mol. The minimum atomic E-state index is -5.19. The van der Waals surface area contributed by atoms with E-state index in [1.807, 2.05) is 82.0 Å². The Morgan fingerprint density at radius 1 is 0.544 bits per heavy atom. The number of hydrogen-bond donors (Lipinski definition) is 0. The number of aryl methyl sites for hydroxylation is 2. The van der Waals surface area contributed by atoms with E-state index in [0.717, 1.165) is 95.7 Å². The Bertz CT molecular complexity index is 2600. The molecule has 0 bridgehead atoms. The minimum absolute atomic E-state index is 0.189. The van der Waals surface area contributed by atoms with Crippen LogP contribution in [0.5, 0.6) is 11.5 Å². The number of allylic oxidation sites excluding steroid dienone is 8. The third-order valence-electron chi connectivity index (χ3n) is 12.8. The summed E-state index contributed by atoms with van der Waals surface area (Å²) >= 11 is -5.19. The summed E-state index contributed by atoms with van der Waals surface area (Å²) in [7, 11) is 3.25. The molecule has 6 aromatic rings. The number of methoxy groups -OCH3 is 2. The normalized spacial score (nSPS) is 16.3. The van der Waals surface area contributed by atoms with Gasteiger partial charge in [0.1, 0.15) is 0 Å². The van der Waals surface area contributed by atoms with Gasteiger partial charge in [0.2, 0.25) is 0 Å². The number of nitrogens with zero attached hydrogens (tertiary/aromatic N) is 2. The molecule has 0 spiro atoms. The second-order valence-electron chi connectivity index (χ2n) is 15.6. The van der Waals surface area contributed by atoms with Crippen molar-refractivity contribution in [3.8, 4) is 22.9 Å².